The van der Waals surface area contributed by atoms with Crippen LogP contribution in [0.3, 0.4) is 0 Å². The molecule has 0 spiro atoms. The second-order valence-electron chi connectivity index (χ2n) is 15.7. The number of nitrogens with two attached hydrogens (primary N) is 1. The van der Waals surface area contributed by atoms with Gasteiger partial charge in [-0.3, -0.25) is 15.0 Å². The summed E-state index contributed by atoms with van der Waals surface area (Å²) in [6.07, 6.45) is 12.3. The Morgan fingerprint density at radius 3 is 2.26 bits per heavy atom. The molecule has 0 radical (unpaired) electrons. The Bertz CT molecular complexity index is 1030. The van der Waals surface area contributed by atoms with Crippen molar-refractivity contribution in [2.45, 2.75) is 132 Å². The second kappa shape index (κ2) is 9.08. The molecule has 0 aromatic rings. The largest absolute Gasteiger partial charge is 0.462 e. The predicted molar refractivity (Wildman–Crippen MR) is 152 cm³/mol. The van der Waals surface area contributed by atoms with Gasteiger partial charge in [-0.2, -0.15) is 0 Å². The van der Waals surface area contributed by atoms with Crippen LogP contribution in [-0.4, -0.2) is 18.0 Å². The monoisotopic (exact) mass is 526 g/mol. The lowest BCUT2D eigenvalue weighted by Crippen LogP contribution is -2.65. The number of rotatable bonds is 4. The van der Waals surface area contributed by atoms with E-state index in [4.69, 9.17) is 10.6 Å². The number of amides is 1. The molecule has 3 N–H and O–H groups in total. The highest BCUT2D eigenvalue weighted by atomic mass is 16.5. The third-order valence-corrected chi connectivity index (χ3v) is 13.7. The third-order valence-electron chi connectivity index (χ3n) is 13.7. The Kier molecular flexibility index (Phi) is 6.73. The van der Waals surface area contributed by atoms with Gasteiger partial charge in [0.05, 0.1) is 0 Å². The minimum Gasteiger partial charge on any atom is -0.462 e. The van der Waals surface area contributed by atoms with E-state index in [1.165, 1.54) is 32.1 Å². The first kappa shape index (κ1) is 28.2. The molecule has 38 heavy (non-hydrogen) atoms. The molecule has 4 saturated carbocycles. The first-order valence-electron chi connectivity index (χ1n) is 15.6. The van der Waals surface area contributed by atoms with Crippen LogP contribution in [0.25, 0.3) is 0 Å². The van der Waals surface area contributed by atoms with Crippen LogP contribution >= 0.6 is 0 Å². The number of hydrazine groups is 1. The topological polar surface area (TPSA) is 81.4 Å². The molecule has 5 aliphatic rings. The van der Waals surface area contributed by atoms with Crippen molar-refractivity contribution in [2.75, 3.05) is 0 Å². The zero-order valence-electron chi connectivity index (χ0n) is 25.5. The molecule has 0 aliphatic heterocycles. The zero-order chi connectivity index (χ0) is 27.9. The summed E-state index contributed by atoms with van der Waals surface area (Å²) in [6.45, 7) is 18.9. The van der Waals surface area contributed by atoms with Gasteiger partial charge in [0.15, 0.2) is 0 Å². The van der Waals surface area contributed by atoms with Crippen LogP contribution in [0, 0.1) is 50.7 Å². The number of hydrogen-bond acceptors (Lipinski definition) is 4. The normalized spacial score (nSPS) is 45.5. The lowest BCUT2D eigenvalue weighted by molar-refractivity contribution is -0.232. The highest BCUT2D eigenvalue weighted by molar-refractivity contribution is 5.77. The maximum atomic E-state index is 12.7. The number of carbonyl (C=O) groups excluding carboxylic acids is 2. The molecule has 0 aromatic heterocycles. The molecule has 1 unspecified atom stereocenters. The molecule has 0 saturated heterocycles. The smallest absolute Gasteiger partial charge is 0.302 e. The Morgan fingerprint density at radius 2 is 1.63 bits per heavy atom. The molecule has 0 aromatic carbocycles. The molecule has 0 heterocycles. The number of nitrogens with one attached hydrogen (secondary N) is 1. The molecule has 5 aliphatic carbocycles. The van der Waals surface area contributed by atoms with Crippen molar-refractivity contribution >= 4 is 11.9 Å². The van der Waals surface area contributed by atoms with E-state index < -0.39 is 0 Å². The van der Waals surface area contributed by atoms with E-state index >= 15 is 0 Å². The van der Waals surface area contributed by atoms with Gasteiger partial charge in [-0.25, -0.2) is 5.84 Å². The lowest BCUT2D eigenvalue weighted by Gasteiger charge is -2.72. The maximum Gasteiger partial charge on any atom is 0.302 e. The molecule has 214 valence electrons. The van der Waals surface area contributed by atoms with Gasteiger partial charge in [0.2, 0.25) is 5.91 Å². The van der Waals surface area contributed by atoms with Crippen molar-refractivity contribution < 1.29 is 14.3 Å². The Balaban J connectivity index is 1.53. The fourth-order valence-electron chi connectivity index (χ4n) is 11.8. The number of carbonyl (C=O) groups is 2. The summed E-state index contributed by atoms with van der Waals surface area (Å²) in [6, 6.07) is 0. The number of ether oxygens (including phenoxy) is 1. The maximum absolute atomic E-state index is 12.7. The van der Waals surface area contributed by atoms with Crippen LogP contribution < -0.4 is 11.3 Å². The summed E-state index contributed by atoms with van der Waals surface area (Å²) < 4.78 is 5.91. The van der Waals surface area contributed by atoms with E-state index in [-0.39, 0.29) is 45.1 Å². The molecule has 0 bridgehead atoms. The fourth-order valence-corrected chi connectivity index (χ4v) is 11.8. The van der Waals surface area contributed by atoms with Crippen molar-refractivity contribution in [3.05, 3.63) is 11.1 Å². The van der Waals surface area contributed by atoms with Gasteiger partial charge in [0.25, 0.3) is 0 Å². The standard InChI is InChI=1S/C33H54N2O3/c1-20(2)22-11-16-33(19-27(37)35-34)18-17-31(7)23(28(22)33)9-10-25-30(6)14-13-26(38-21(3)36)29(4,5)24(30)12-15-32(25,31)8/h20,23-26H,9-19,34H2,1-8H3,(H,35,37)/t23-,24+,25-,26+,30+,31-,32?,33-/m1/s1. The summed E-state index contributed by atoms with van der Waals surface area (Å²) in [4.78, 5) is 24.6. The van der Waals surface area contributed by atoms with Crippen molar-refractivity contribution in [3.8, 4) is 0 Å². The molecular formula is C33H54N2O3. The van der Waals surface area contributed by atoms with Crippen molar-refractivity contribution in [2.24, 2.45) is 56.6 Å². The Hall–Kier alpha value is -1.36. The minimum atomic E-state index is -0.139. The van der Waals surface area contributed by atoms with E-state index in [1.807, 2.05) is 0 Å². The third kappa shape index (κ3) is 3.72. The summed E-state index contributed by atoms with van der Waals surface area (Å²) >= 11 is 0. The quantitative estimate of drug-likeness (QED) is 0.135. The van der Waals surface area contributed by atoms with Crippen LogP contribution in [0.1, 0.15) is 126 Å². The van der Waals surface area contributed by atoms with Gasteiger partial charge in [0, 0.05) is 24.2 Å². The summed E-state index contributed by atoms with van der Waals surface area (Å²) in [5, 5.41) is 0. The highest BCUT2D eigenvalue weighted by Gasteiger charge is 2.69. The van der Waals surface area contributed by atoms with E-state index in [2.05, 4.69) is 53.9 Å². The van der Waals surface area contributed by atoms with E-state index in [1.54, 1.807) is 18.1 Å². The van der Waals surface area contributed by atoms with Crippen molar-refractivity contribution in [3.63, 3.8) is 0 Å². The SMILES string of the molecule is CC(=O)O[C@H]1CC[C@@]2(C)[C@@H](CCC3(C)[C@@H]2CC[C@@H]2C4=C(C(C)C)CC[C@]4(CC(=O)NN)CC[C@]23C)C1(C)C. The Morgan fingerprint density at radius 1 is 0.921 bits per heavy atom. The summed E-state index contributed by atoms with van der Waals surface area (Å²) in [5.41, 5.74) is 6.56. The van der Waals surface area contributed by atoms with Crippen molar-refractivity contribution in [1.82, 2.24) is 5.43 Å². The number of fused-ring (bicyclic) bond motifs is 7. The molecular weight excluding hydrogens is 472 g/mol. The first-order chi connectivity index (χ1) is 17.7. The number of hydrogen-bond donors (Lipinski definition) is 2. The minimum absolute atomic E-state index is 0.00160. The van der Waals surface area contributed by atoms with Crippen LogP contribution in [0.15, 0.2) is 11.1 Å². The molecule has 5 rings (SSSR count). The van der Waals surface area contributed by atoms with Gasteiger partial charge in [-0.05, 0) is 104 Å². The Labute approximate surface area is 231 Å². The van der Waals surface area contributed by atoms with Gasteiger partial charge in [-0.15, -0.1) is 0 Å². The lowest BCUT2D eigenvalue weighted by atomic mass is 9.33. The first-order valence-corrected chi connectivity index (χ1v) is 15.6. The molecule has 8 atom stereocenters. The van der Waals surface area contributed by atoms with Crippen LogP contribution in [-0.2, 0) is 14.3 Å². The zero-order valence-corrected chi connectivity index (χ0v) is 25.5. The number of allylic oxidation sites excluding steroid dienone is 2. The molecule has 5 heteroatoms. The van der Waals surface area contributed by atoms with Crippen LogP contribution in [0.5, 0.6) is 0 Å². The van der Waals surface area contributed by atoms with Gasteiger partial charge >= 0.3 is 5.97 Å². The van der Waals surface area contributed by atoms with Crippen LogP contribution in [0.4, 0.5) is 0 Å². The van der Waals surface area contributed by atoms with E-state index in [9.17, 15) is 9.59 Å². The predicted octanol–water partition coefficient (Wildman–Crippen LogP) is 7.10. The van der Waals surface area contributed by atoms with E-state index in [0.717, 1.165) is 32.1 Å². The average Bonchev–Trinajstić information content (AvgIpc) is 3.21. The molecule has 5 nitrogen and oxygen atoms in total. The average molecular weight is 527 g/mol. The van der Waals surface area contributed by atoms with Gasteiger partial charge in [0.1, 0.15) is 6.10 Å². The van der Waals surface area contributed by atoms with Gasteiger partial charge < -0.3 is 4.74 Å². The van der Waals surface area contributed by atoms with Crippen molar-refractivity contribution in [1.29, 1.82) is 0 Å². The van der Waals surface area contributed by atoms with E-state index in [0.29, 0.717) is 30.1 Å². The van der Waals surface area contributed by atoms with Gasteiger partial charge in [-0.1, -0.05) is 59.6 Å². The number of esters is 1. The summed E-state index contributed by atoms with van der Waals surface area (Å²) in [5.74, 6) is 7.82. The second-order valence-corrected chi connectivity index (χ2v) is 15.7. The molecule has 4 fully saturated rings. The molecule has 1 amide bonds. The highest BCUT2D eigenvalue weighted by Crippen LogP contribution is 2.77. The fraction of sp³-hybridized carbons (Fsp3) is 0.879. The summed E-state index contributed by atoms with van der Waals surface area (Å²) in [7, 11) is 0. The van der Waals surface area contributed by atoms with Crippen LogP contribution in [0.2, 0.25) is 0 Å².